The van der Waals surface area contributed by atoms with Gasteiger partial charge in [-0.15, -0.1) is 0 Å². The van der Waals surface area contributed by atoms with Crippen LogP contribution < -0.4 is 14.9 Å². The highest BCUT2D eigenvalue weighted by atomic mass is 16.6. The van der Waals surface area contributed by atoms with Crippen molar-refractivity contribution < 1.29 is 19.0 Å². The van der Waals surface area contributed by atoms with E-state index in [0.717, 1.165) is 18.4 Å². The van der Waals surface area contributed by atoms with Crippen molar-refractivity contribution in [3.63, 3.8) is 0 Å². The summed E-state index contributed by atoms with van der Waals surface area (Å²) in [6, 6.07) is 5.45. The molecule has 0 bridgehead atoms. The first-order chi connectivity index (χ1) is 10.9. The van der Waals surface area contributed by atoms with Crippen LogP contribution in [0.4, 0.5) is 4.79 Å². The minimum absolute atomic E-state index is 0.555. The van der Waals surface area contributed by atoms with Gasteiger partial charge in [0, 0.05) is 0 Å². The van der Waals surface area contributed by atoms with E-state index in [9.17, 15) is 4.79 Å². The molecule has 1 aromatic rings. The Labute approximate surface area is 137 Å². The Morgan fingerprint density at radius 3 is 2.65 bits per heavy atom. The fourth-order valence-corrected chi connectivity index (χ4v) is 1.67. The second kappa shape index (κ2) is 9.02. The van der Waals surface area contributed by atoms with Crippen LogP contribution in [-0.4, -0.2) is 31.6 Å². The molecule has 0 fully saturated rings. The van der Waals surface area contributed by atoms with Gasteiger partial charge < -0.3 is 14.2 Å². The first kappa shape index (κ1) is 18.8. The highest BCUT2D eigenvalue weighted by Crippen LogP contribution is 2.27. The standard InChI is InChI=1S/C17H26N2O4/c1-6-7-10-22-14-9-8-13(11-15(14)21-5)12-18-19-16(20)23-17(2,3)4/h8-9,11-12H,6-7,10H2,1-5H3,(H,19,20)/b18-12+. The summed E-state index contributed by atoms with van der Waals surface area (Å²) in [6.45, 7) is 8.13. The number of benzene rings is 1. The molecule has 0 aliphatic carbocycles. The van der Waals surface area contributed by atoms with Crippen molar-refractivity contribution in [3.8, 4) is 11.5 Å². The molecule has 23 heavy (non-hydrogen) atoms. The van der Waals surface area contributed by atoms with E-state index in [2.05, 4.69) is 17.5 Å². The minimum atomic E-state index is -0.597. The minimum Gasteiger partial charge on any atom is -0.493 e. The molecule has 0 aliphatic rings. The van der Waals surface area contributed by atoms with Crippen molar-refractivity contribution in [1.29, 1.82) is 0 Å². The number of methoxy groups -OCH3 is 1. The number of hydrogen-bond donors (Lipinski definition) is 1. The van der Waals surface area contributed by atoms with Gasteiger partial charge >= 0.3 is 6.09 Å². The van der Waals surface area contributed by atoms with Crippen LogP contribution in [0.5, 0.6) is 11.5 Å². The first-order valence-electron chi connectivity index (χ1n) is 7.68. The lowest BCUT2D eigenvalue weighted by atomic mass is 10.2. The van der Waals surface area contributed by atoms with E-state index in [0.29, 0.717) is 18.1 Å². The average Bonchev–Trinajstić information content (AvgIpc) is 2.46. The van der Waals surface area contributed by atoms with E-state index in [-0.39, 0.29) is 0 Å². The summed E-state index contributed by atoms with van der Waals surface area (Å²) in [7, 11) is 1.59. The highest BCUT2D eigenvalue weighted by molar-refractivity contribution is 5.82. The Bertz CT molecular complexity index is 536. The Morgan fingerprint density at radius 1 is 1.30 bits per heavy atom. The molecule has 0 unspecified atom stereocenters. The summed E-state index contributed by atoms with van der Waals surface area (Å²) in [4.78, 5) is 11.5. The molecule has 0 atom stereocenters. The second-order valence-corrected chi connectivity index (χ2v) is 5.98. The Morgan fingerprint density at radius 2 is 2.04 bits per heavy atom. The topological polar surface area (TPSA) is 69.2 Å². The summed E-state index contributed by atoms with van der Waals surface area (Å²) >= 11 is 0. The molecule has 0 aliphatic heterocycles. The van der Waals surface area contributed by atoms with E-state index < -0.39 is 11.7 Å². The number of rotatable bonds is 7. The van der Waals surface area contributed by atoms with Gasteiger partial charge in [-0.3, -0.25) is 0 Å². The number of amides is 1. The maximum Gasteiger partial charge on any atom is 0.428 e. The van der Waals surface area contributed by atoms with Gasteiger partial charge in [-0.25, -0.2) is 10.2 Å². The number of hydrogen-bond acceptors (Lipinski definition) is 5. The van der Waals surface area contributed by atoms with E-state index in [4.69, 9.17) is 14.2 Å². The van der Waals surface area contributed by atoms with E-state index in [1.165, 1.54) is 6.21 Å². The predicted molar refractivity (Wildman–Crippen MR) is 90.4 cm³/mol. The van der Waals surface area contributed by atoms with Gasteiger partial charge in [0.05, 0.1) is 19.9 Å². The summed E-state index contributed by atoms with van der Waals surface area (Å²) in [5.41, 5.74) is 2.54. The van der Waals surface area contributed by atoms with Crippen LogP contribution in [0.1, 0.15) is 46.1 Å². The van der Waals surface area contributed by atoms with Gasteiger partial charge in [0.15, 0.2) is 11.5 Å². The van der Waals surface area contributed by atoms with Crippen LogP contribution in [0.3, 0.4) is 0 Å². The van der Waals surface area contributed by atoms with Crippen molar-refractivity contribution in [2.45, 2.75) is 46.1 Å². The van der Waals surface area contributed by atoms with Crippen molar-refractivity contribution >= 4 is 12.3 Å². The zero-order valence-corrected chi connectivity index (χ0v) is 14.5. The van der Waals surface area contributed by atoms with Crippen LogP contribution in [0.15, 0.2) is 23.3 Å². The molecule has 1 N–H and O–H groups in total. The summed E-state index contributed by atoms with van der Waals surface area (Å²) in [5, 5.41) is 3.86. The SMILES string of the molecule is CCCCOc1ccc(/C=N/NC(=O)OC(C)(C)C)cc1OC. The monoisotopic (exact) mass is 322 g/mol. The van der Waals surface area contributed by atoms with E-state index in [1.807, 2.05) is 12.1 Å². The lowest BCUT2D eigenvalue weighted by molar-refractivity contribution is 0.0529. The molecular weight excluding hydrogens is 296 g/mol. The molecule has 0 spiro atoms. The van der Waals surface area contributed by atoms with Crippen LogP contribution in [0.25, 0.3) is 0 Å². The third-order valence-corrected chi connectivity index (χ3v) is 2.71. The van der Waals surface area contributed by atoms with Gasteiger partial charge in [-0.2, -0.15) is 5.10 Å². The average molecular weight is 322 g/mol. The van der Waals surface area contributed by atoms with E-state index in [1.54, 1.807) is 33.9 Å². The summed E-state index contributed by atoms with van der Waals surface area (Å²) in [6.07, 6.45) is 2.98. The second-order valence-electron chi connectivity index (χ2n) is 5.98. The third kappa shape index (κ3) is 7.54. The fourth-order valence-electron chi connectivity index (χ4n) is 1.67. The van der Waals surface area contributed by atoms with Gasteiger partial charge in [0.1, 0.15) is 5.60 Å². The molecule has 0 aromatic heterocycles. The highest BCUT2D eigenvalue weighted by Gasteiger charge is 2.15. The summed E-state index contributed by atoms with van der Waals surface area (Å²) in [5.74, 6) is 1.32. The summed E-state index contributed by atoms with van der Waals surface area (Å²) < 4.78 is 16.1. The number of ether oxygens (including phenoxy) is 3. The van der Waals surface area contributed by atoms with Gasteiger partial charge in [0.25, 0.3) is 0 Å². The smallest absolute Gasteiger partial charge is 0.428 e. The number of unbranched alkanes of at least 4 members (excludes halogenated alkanes) is 1. The van der Waals surface area contributed by atoms with Gasteiger partial charge in [0.2, 0.25) is 0 Å². The molecule has 6 heteroatoms. The van der Waals surface area contributed by atoms with Crippen molar-refractivity contribution in [2.75, 3.05) is 13.7 Å². The van der Waals surface area contributed by atoms with E-state index >= 15 is 0 Å². The van der Waals surface area contributed by atoms with Crippen molar-refractivity contribution in [1.82, 2.24) is 5.43 Å². The van der Waals surface area contributed by atoms with Crippen LogP contribution >= 0.6 is 0 Å². The Balaban J connectivity index is 2.63. The molecule has 0 heterocycles. The molecule has 128 valence electrons. The quantitative estimate of drug-likeness (QED) is 0.472. The zero-order chi connectivity index (χ0) is 17.3. The van der Waals surface area contributed by atoms with Gasteiger partial charge in [-0.1, -0.05) is 13.3 Å². The lowest BCUT2D eigenvalue weighted by Gasteiger charge is -2.18. The maximum absolute atomic E-state index is 11.5. The van der Waals surface area contributed by atoms with Crippen LogP contribution in [-0.2, 0) is 4.74 Å². The number of carbonyl (C=O) groups excluding carboxylic acids is 1. The third-order valence-electron chi connectivity index (χ3n) is 2.71. The predicted octanol–water partition coefficient (Wildman–Crippen LogP) is 3.73. The fraction of sp³-hybridized carbons (Fsp3) is 0.529. The molecular formula is C17H26N2O4. The molecule has 1 aromatic carbocycles. The van der Waals surface area contributed by atoms with Crippen molar-refractivity contribution in [2.24, 2.45) is 5.10 Å². The lowest BCUT2D eigenvalue weighted by Crippen LogP contribution is -2.29. The molecule has 0 saturated carbocycles. The first-order valence-corrected chi connectivity index (χ1v) is 7.68. The number of hydrazone groups is 1. The van der Waals surface area contributed by atoms with Gasteiger partial charge in [-0.05, 0) is 51.0 Å². The number of nitrogens with one attached hydrogen (secondary N) is 1. The largest absolute Gasteiger partial charge is 0.493 e. The van der Waals surface area contributed by atoms with Crippen LogP contribution in [0, 0.1) is 0 Å². The van der Waals surface area contributed by atoms with Crippen LogP contribution in [0.2, 0.25) is 0 Å². The maximum atomic E-state index is 11.5. The Hall–Kier alpha value is -2.24. The normalized spacial score (nSPS) is 11.3. The zero-order valence-electron chi connectivity index (χ0n) is 14.5. The number of nitrogens with zero attached hydrogens (tertiary/aromatic N) is 1. The Kier molecular flexibility index (Phi) is 7.38. The molecule has 0 saturated heterocycles. The molecule has 0 radical (unpaired) electrons. The van der Waals surface area contributed by atoms with Crippen molar-refractivity contribution in [3.05, 3.63) is 23.8 Å². The molecule has 1 rings (SSSR count). The molecule has 1 amide bonds. The molecule has 6 nitrogen and oxygen atoms in total. The number of carbonyl (C=O) groups is 1.